The van der Waals surface area contributed by atoms with Gasteiger partial charge in [0, 0.05) is 6.61 Å². The lowest BCUT2D eigenvalue weighted by Crippen LogP contribution is -2.33. The molecule has 0 atom stereocenters. The average molecular weight is 153 g/mol. The summed E-state index contributed by atoms with van der Waals surface area (Å²) in [6.45, 7) is 2.05. The molecule has 1 radical (unpaired) electrons. The van der Waals surface area contributed by atoms with Crippen LogP contribution < -0.4 is 0 Å². The molecule has 1 saturated carbocycles. The van der Waals surface area contributed by atoms with Crippen molar-refractivity contribution in [1.82, 2.24) is 0 Å². The topological polar surface area (TPSA) is 9.23 Å². The average Bonchev–Trinajstić information content (AvgIpc) is 2.07. The Hall–Kier alpha value is -0.0400. The Morgan fingerprint density at radius 3 is 2.55 bits per heavy atom. The second-order valence-electron chi connectivity index (χ2n) is 4.02. The molecule has 1 heterocycles. The van der Waals surface area contributed by atoms with Gasteiger partial charge in [-0.25, -0.2) is 0 Å². The van der Waals surface area contributed by atoms with E-state index in [9.17, 15) is 0 Å². The van der Waals surface area contributed by atoms with Crippen molar-refractivity contribution in [2.24, 2.45) is 5.41 Å². The fraction of sp³-hybridized carbons (Fsp3) is 0.900. The molecule has 0 N–H and O–H groups in total. The zero-order valence-corrected chi connectivity index (χ0v) is 7.14. The molecule has 0 amide bonds. The maximum atomic E-state index is 5.55. The first-order valence-electron chi connectivity index (χ1n) is 4.81. The maximum absolute atomic E-state index is 5.55. The summed E-state index contributed by atoms with van der Waals surface area (Å²) < 4.78 is 5.55. The molecule has 63 valence electrons. The van der Waals surface area contributed by atoms with E-state index in [1.807, 2.05) is 0 Å². The molecule has 0 unspecified atom stereocenters. The van der Waals surface area contributed by atoms with Crippen LogP contribution in [0.2, 0.25) is 0 Å². The van der Waals surface area contributed by atoms with Gasteiger partial charge in [-0.05, 0) is 50.4 Å². The standard InChI is InChI=1S/C10H17O/c1-2-5-10(6-3-1)7-4-8-11-9-10/h1H,2-9H2. The Morgan fingerprint density at radius 1 is 1.09 bits per heavy atom. The summed E-state index contributed by atoms with van der Waals surface area (Å²) in [5.74, 6) is 0. The minimum atomic E-state index is 0.604. The molecule has 1 saturated heterocycles. The van der Waals surface area contributed by atoms with Crippen LogP contribution in [0.25, 0.3) is 0 Å². The van der Waals surface area contributed by atoms with Gasteiger partial charge in [0.1, 0.15) is 0 Å². The Morgan fingerprint density at radius 2 is 1.91 bits per heavy atom. The minimum absolute atomic E-state index is 0.604. The summed E-state index contributed by atoms with van der Waals surface area (Å²) >= 11 is 0. The molecule has 0 aromatic heterocycles. The molecule has 1 aliphatic heterocycles. The number of hydrogen-bond acceptors (Lipinski definition) is 1. The van der Waals surface area contributed by atoms with E-state index in [4.69, 9.17) is 4.74 Å². The van der Waals surface area contributed by atoms with Gasteiger partial charge in [0.05, 0.1) is 6.61 Å². The van der Waals surface area contributed by atoms with Gasteiger partial charge in [-0.1, -0.05) is 0 Å². The van der Waals surface area contributed by atoms with Crippen molar-refractivity contribution in [3.8, 4) is 0 Å². The van der Waals surface area contributed by atoms with E-state index in [1.54, 1.807) is 0 Å². The molecule has 1 aliphatic carbocycles. The maximum Gasteiger partial charge on any atom is 0.0522 e. The molecule has 2 aliphatic rings. The van der Waals surface area contributed by atoms with E-state index < -0.39 is 0 Å². The smallest absolute Gasteiger partial charge is 0.0522 e. The summed E-state index contributed by atoms with van der Waals surface area (Å²) in [4.78, 5) is 0. The van der Waals surface area contributed by atoms with Gasteiger partial charge < -0.3 is 4.74 Å². The lowest BCUT2D eigenvalue weighted by atomic mass is 9.71. The highest BCUT2D eigenvalue weighted by Crippen LogP contribution is 2.41. The largest absolute Gasteiger partial charge is 0.381 e. The lowest BCUT2D eigenvalue weighted by Gasteiger charge is -2.39. The van der Waals surface area contributed by atoms with Crippen molar-refractivity contribution in [3.05, 3.63) is 6.42 Å². The van der Waals surface area contributed by atoms with E-state index in [0.717, 1.165) is 13.2 Å². The normalized spacial score (nSPS) is 30.5. The van der Waals surface area contributed by atoms with Gasteiger partial charge in [-0.2, -0.15) is 0 Å². The summed E-state index contributed by atoms with van der Waals surface area (Å²) in [6, 6.07) is 0. The van der Waals surface area contributed by atoms with Crippen LogP contribution in [-0.4, -0.2) is 13.2 Å². The molecule has 2 fully saturated rings. The van der Waals surface area contributed by atoms with Gasteiger partial charge >= 0.3 is 0 Å². The molecule has 1 heteroatoms. The molecule has 0 aromatic carbocycles. The van der Waals surface area contributed by atoms with Crippen molar-refractivity contribution in [2.45, 2.75) is 38.5 Å². The second kappa shape index (κ2) is 3.14. The molecule has 0 aromatic rings. The second-order valence-corrected chi connectivity index (χ2v) is 4.02. The molecule has 1 nitrogen and oxygen atoms in total. The molecule has 1 spiro atoms. The molecular formula is C10H17O. The van der Waals surface area contributed by atoms with E-state index >= 15 is 0 Å². The third-order valence-electron chi connectivity index (χ3n) is 3.16. The van der Waals surface area contributed by atoms with Crippen molar-refractivity contribution in [1.29, 1.82) is 0 Å². The number of ether oxygens (including phenoxy) is 1. The summed E-state index contributed by atoms with van der Waals surface area (Å²) in [5, 5.41) is 0. The van der Waals surface area contributed by atoms with Crippen LogP contribution in [0, 0.1) is 11.8 Å². The fourth-order valence-corrected chi connectivity index (χ4v) is 2.39. The first-order chi connectivity index (χ1) is 5.41. The van der Waals surface area contributed by atoms with E-state index in [-0.39, 0.29) is 0 Å². The summed E-state index contributed by atoms with van der Waals surface area (Å²) in [7, 11) is 0. The van der Waals surface area contributed by atoms with E-state index in [1.165, 1.54) is 38.5 Å². The van der Waals surface area contributed by atoms with Crippen molar-refractivity contribution in [3.63, 3.8) is 0 Å². The van der Waals surface area contributed by atoms with Crippen LogP contribution in [0.3, 0.4) is 0 Å². The van der Waals surface area contributed by atoms with Crippen LogP contribution >= 0.6 is 0 Å². The van der Waals surface area contributed by atoms with Gasteiger partial charge in [-0.15, -0.1) is 0 Å². The Bertz CT molecular complexity index is 99.3. The van der Waals surface area contributed by atoms with E-state index in [0.29, 0.717) is 5.41 Å². The van der Waals surface area contributed by atoms with Crippen LogP contribution in [0.1, 0.15) is 38.5 Å². The van der Waals surface area contributed by atoms with Crippen LogP contribution in [0.5, 0.6) is 0 Å². The third kappa shape index (κ3) is 1.58. The molecular weight excluding hydrogens is 136 g/mol. The predicted octanol–water partition coefficient (Wildman–Crippen LogP) is 2.56. The van der Waals surface area contributed by atoms with Crippen LogP contribution in [0.15, 0.2) is 0 Å². The van der Waals surface area contributed by atoms with Gasteiger partial charge in [0.2, 0.25) is 0 Å². The zero-order chi connectivity index (χ0) is 7.57. The first kappa shape index (κ1) is 7.60. The Labute approximate surface area is 69.1 Å². The van der Waals surface area contributed by atoms with Crippen molar-refractivity contribution in [2.75, 3.05) is 13.2 Å². The highest BCUT2D eigenvalue weighted by molar-refractivity contribution is 4.89. The monoisotopic (exact) mass is 153 g/mol. The summed E-state index contributed by atoms with van der Waals surface area (Å²) in [6.07, 6.45) is 10.5. The highest BCUT2D eigenvalue weighted by atomic mass is 16.5. The van der Waals surface area contributed by atoms with Crippen molar-refractivity contribution >= 4 is 0 Å². The molecule has 11 heavy (non-hydrogen) atoms. The fourth-order valence-electron chi connectivity index (χ4n) is 2.39. The minimum Gasteiger partial charge on any atom is -0.381 e. The molecule has 0 bridgehead atoms. The third-order valence-corrected chi connectivity index (χ3v) is 3.16. The Balaban J connectivity index is 1.94. The Kier molecular flexibility index (Phi) is 2.17. The van der Waals surface area contributed by atoms with E-state index in [2.05, 4.69) is 6.42 Å². The van der Waals surface area contributed by atoms with Gasteiger partial charge in [-0.3, -0.25) is 0 Å². The first-order valence-corrected chi connectivity index (χ1v) is 4.81. The van der Waals surface area contributed by atoms with Gasteiger partial charge in [0.25, 0.3) is 0 Å². The predicted molar refractivity (Wildman–Crippen MR) is 45.3 cm³/mol. The quantitative estimate of drug-likeness (QED) is 0.519. The SMILES string of the molecule is [CH]1CCC2(CC1)CCCOC2. The number of rotatable bonds is 0. The van der Waals surface area contributed by atoms with Crippen LogP contribution in [-0.2, 0) is 4.74 Å². The van der Waals surface area contributed by atoms with Gasteiger partial charge in [0.15, 0.2) is 0 Å². The highest BCUT2D eigenvalue weighted by Gasteiger charge is 2.33. The summed E-state index contributed by atoms with van der Waals surface area (Å²) in [5.41, 5.74) is 0.604. The molecule has 2 rings (SSSR count). The van der Waals surface area contributed by atoms with Crippen molar-refractivity contribution < 1.29 is 4.74 Å². The lowest BCUT2D eigenvalue weighted by molar-refractivity contribution is -0.0229. The zero-order valence-electron chi connectivity index (χ0n) is 7.14. The van der Waals surface area contributed by atoms with Crippen LogP contribution in [0.4, 0.5) is 0 Å². The number of hydrogen-bond donors (Lipinski definition) is 0.